The van der Waals surface area contributed by atoms with E-state index in [9.17, 15) is 4.79 Å². The standard InChI is InChI=1S/C30H26N4O2/c1-4-19(2)33-20(3)24(22-12-7-9-15-26(22)33)18-31-34-29(28-17-21-11-5-10-16-27(21)36-28)32-25-14-8-6-13-23(25)30(34)35/h5-19H,4H2,1-3H3/t19-/m0/s1. The van der Waals surface area contributed by atoms with Crippen molar-refractivity contribution < 1.29 is 4.42 Å². The molecule has 178 valence electrons. The molecule has 6 rings (SSSR count). The highest BCUT2D eigenvalue weighted by molar-refractivity contribution is 6.01. The number of fused-ring (bicyclic) bond motifs is 3. The number of furan rings is 1. The van der Waals surface area contributed by atoms with E-state index < -0.39 is 0 Å². The molecule has 0 unspecified atom stereocenters. The van der Waals surface area contributed by atoms with Gasteiger partial charge in [-0.3, -0.25) is 4.79 Å². The summed E-state index contributed by atoms with van der Waals surface area (Å²) in [5, 5.41) is 7.28. The number of hydrogen-bond acceptors (Lipinski definition) is 4. The van der Waals surface area contributed by atoms with E-state index in [-0.39, 0.29) is 5.56 Å². The van der Waals surface area contributed by atoms with E-state index >= 15 is 0 Å². The quantitative estimate of drug-likeness (QED) is 0.255. The van der Waals surface area contributed by atoms with Crippen molar-refractivity contribution in [2.45, 2.75) is 33.2 Å². The zero-order valence-corrected chi connectivity index (χ0v) is 20.5. The molecule has 3 aromatic carbocycles. The zero-order chi connectivity index (χ0) is 24.8. The lowest BCUT2D eigenvalue weighted by atomic mass is 10.1. The summed E-state index contributed by atoms with van der Waals surface area (Å²) in [7, 11) is 0. The maximum Gasteiger partial charge on any atom is 0.282 e. The normalized spacial score (nSPS) is 12.9. The highest BCUT2D eigenvalue weighted by Crippen LogP contribution is 2.30. The third-order valence-electron chi connectivity index (χ3n) is 6.94. The van der Waals surface area contributed by atoms with Gasteiger partial charge in [0.25, 0.3) is 5.56 Å². The van der Waals surface area contributed by atoms with Gasteiger partial charge in [-0.1, -0.05) is 55.5 Å². The molecule has 0 spiro atoms. The highest BCUT2D eigenvalue weighted by Gasteiger charge is 2.18. The Morgan fingerprint density at radius 1 is 1.00 bits per heavy atom. The van der Waals surface area contributed by atoms with Crippen LogP contribution in [0, 0.1) is 6.92 Å². The first-order valence-electron chi connectivity index (χ1n) is 12.2. The van der Waals surface area contributed by atoms with Crippen LogP contribution in [0.1, 0.15) is 37.6 Å². The fourth-order valence-corrected chi connectivity index (χ4v) is 4.93. The fraction of sp³-hybridized carbons (Fsp3) is 0.167. The van der Waals surface area contributed by atoms with Crippen LogP contribution in [0.25, 0.3) is 44.4 Å². The average Bonchev–Trinajstić information content (AvgIpc) is 3.46. The number of benzene rings is 3. The van der Waals surface area contributed by atoms with Crippen molar-refractivity contribution in [3.05, 3.63) is 100 Å². The largest absolute Gasteiger partial charge is 0.453 e. The third kappa shape index (κ3) is 3.45. The van der Waals surface area contributed by atoms with Gasteiger partial charge in [0.15, 0.2) is 5.76 Å². The van der Waals surface area contributed by atoms with Crippen LogP contribution in [0.2, 0.25) is 0 Å². The van der Waals surface area contributed by atoms with Crippen molar-refractivity contribution >= 4 is 39.0 Å². The molecule has 0 aliphatic carbocycles. The van der Waals surface area contributed by atoms with Gasteiger partial charge in [0, 0.05) is 33.6 Å². The first kappa shape index (κ1) is 22.0. The summed E-state index contributed by atoms with van der Waals surface area (Å²) < 4.78 is 9.80. The second-order valence-electron chi connectivity index (χ2n) is 9.11. The Balaban J connectivity index is 1.59. The molecular weight excluding hydrogens is 448 g/mol. The Hall–Kier alpha value is -4.45. The maximum atomic E-state index is 13.6. The maximum absolute atomic E-state index is 13.6. The lowest BCUT2D eigenvalue weighted by Crippen LogP contribution is -2.20. The van der Waals surface area contributed by atoms with Gasteiger partial charge in [0.05, 0.1) is 17.1 Å². The molecule has 3 heterocycles. The third-order valence-corrected chi connectivity index (χ3v) is 6.94. The van der Waals surface area contributed by atoms with E-state index in [2.05, 4.69) is 43.5 Å². The average molecular weight is 475 g/mol. The van der Waals surface area contributed by atoms with E-state index in [0.29, 0.717) is 28.5 Å². The molecule has 3 aromatic heterocycles. The summed E-state index contributed by atoms with van der Waals surface area (Å²) in [5.74, 6) is 0.865. The number of nitrogens with zero attached hydrogens (tertiary/aromatic N) is 4. The summed E-state index contributed by atoms with van der Waals surface area (Å²) in [6.07, 6.45) is 2.79. The van der Waals surface area contributed by atoms with Crippen molar-refractivity contribution in [2.24, 2.45) is 5.10 Å². The lowest BCUT2D eigenvalue weighted by molar-refractivity contribution is 0.537. The van der Waals surface area contributed by atoms with E-state index in [1.54, 1.807) is 12.3 Å². The minimum Gasteiger partial charge on any atom is -0.453 e. The Morgan fingerprint density at radius 3 is 2.53 bits per heavy atom. The second kappa shape index (κ2) is 8.64. The predicted molar refractivity (Wildman–Crippen MR) is 146 cm³/mol. The molecule has 6 aromatic rings. The highest BCUT2D eigenvalue weighted by atomic mass is 16.3. The van der Waals surface area contributed by atoms with Gasteiger partial charge in [0.2, 0.25) is 5.82 Å². The first-order valence-corrected chi connectivity index (χ1v) is 12.2. The summed E-state index contributed by atoms with van der Waals surface area (Å²) in [6.45, 7) is 6.51. The van der Waals surface area contributed by atoms with Crippen molar-refractivity contribution in [2.75, 3.05) is 0 Å². The van der Waals surface area contributed by atoms with Crippen LogP contribution < -0.4 is 5.56 Å². The molecule has 0 amide bonds. The summed E-state index contributed by atoms with van der Waals surface area (Å²) in [5.41, 5.74) is 4.36. The van der Waals surface area contributed by atoms with Crippen LogP contribution in [0.15, 0.2) is 93.2 Å². The molecule has 0 fully saturated rings. The Kier molecular flexibility index (Phi) is 5.29. The monoisotopic (exact) mass is 474 g/mol. The van der Waals surface area contributed by atoms with Crippen molar-refractivity contribution in [3.63, 3.8) is 0 Å². The van der Waals surface area contributed by atoms with E-state index in [1.807, 2.05) is 54.6 Å². The van der Waals surface area contributed by atoms with Crippen LogP contribution in [0.3, 0.4) is 0 Å². The molecule has 0 saturated carbocycles. The second-order valence-corrected chi connectivity index (χ2v) is 9.11. The first-order chi connectivity index (χ1) is 17.6. The number of para-hydroxylation sites is 3. The van der Waals surface area contributed by atoms with Crippen LogP contribution in [-0.2, 0) is 0 Å². The van der Waals surface area contributed by atoms with Gasteiger partial charge >= 0.3 is 0 Å². The minimum absolute atomic E-state index is 0.240. The molecule has 0 aliphatic heterocycles. The molecular formula is C30H26N4O2. The van der Waals surface area contributed by atoms with E-state index in [4.69, 9.17) is 14.5 Å². The molecule has 6 heteroatoms. The summed E-state index contributed by atoms with van der Waals surface area (Å²) in [4.78, 5) is 18.4. The number of aromatic nitrogens is 3. The van der Waals surface area contributed by atoms with Gasteiger partial charge in [-0.15, -0.1) is 0 Å². The molecule has 1 atom stereocenters. The molecule has 0 radical (unpaired) electrons. The van der Waals surface area contributed by atoms with Gasteiger partial charge < -0.3 is 8.98 Å². The molecule has 0 bridgehead atoms. The SMILES string of the molecule is CC[C@H](C)n1c(C)c(C=Nn2c(-c3cc4ccccc4o3)nc3ccccc3c2=O)c2ccccc21. The van der Waals surface area contributed by atoms with Crippen molar-refractivity contribution in [1.29, 1.82) is 0 Å². The van der Waals surface area contributed by atoms with Crippen molar-refractivity contribution in [3.8, 4) is 11.6 Å². The van der Waals surface area contributed by atoms with Crippen LogP contribution in [-0.4, -0.2) is 20.4 Å². The van der Waals surface area contributed by atoms with E-state index in [1.165, 1.54) is 4.68 Å². The predicted octanol–water partition coefficient (Wildman–Crippen LogP) is 6.93. The Morgan fingerprint density at radius 2 is 1.72 bits per heavy atom. The Labute approximate surface area is 208 Å². The topological polar surface area (TPSA) is 65.3 Å². The number of hydrogen-bond donors (Lipinski definition) is 0. The fourth-order valence-electron chi connectivity index (χ4n) is 4.93. The lowest BCUT2D eigenvalue weighted by Gasteiger charge is -2.15. The Bertz CT molecular complexity index is 1800. The van der Waals surface area contributed by atoms with Gasteiger partial charge in [-0.2, -0.15) is 9.78 Å². The van der Waals surface area contributed by atoms with Crippen LogP contribution in [0.4, 0.5) is 0 Å². The molecule has 6 nitrogen and oxygen atoms in total. The number of rotatable bonds is 5. The van der Waals surface area contributed by atoms with Gasteiger partial charge in [0.1, 0.15) is 5.58 Å². The summed E-state index contributed by atoms with van der Waals surface area (Å²) >= 11 is 0. The van der Waals surface area contributed by atoms with Crippen LogP contribution in [0.5, 0.6) is 0 Å². The molecule has 0 saturated heterocycles. The van der Waals surface area contributed by atoms with Gasteiger partial charge in [-0.05, 0) is 50.6 Å². The molecule has 36 heavy (non-hydrogen) atoms. The van der Waals surface area contributed by atoms with Crippen LogP contribution >= 0.6 is 0 Å². The van der Waals surface area contributed by atoms with E-state index in [0.717, 1.165) is 39.6 Å². The molecule has 0 aliphatic rings. The van der Waals surface area contributed by atoms with Gasteiger partial charge in [-0.25, -0.2) is 4.98 Å². The molecule has 0 N–H and O–H groups in total. The smallest absolute Gasteiger partial charge is 0.282 e. The zero-order valence-electron chi connectivity index (χ0n) is 20.5. The summed E-state index contributed by atoms with van der Waals surface area (Å²) in [6, 6.07) is 25.6. The van der Waals surface area contributed by atoms with Crippen molar-refractivity contribution in [1.82, 2.24) is 14.2 Å². The minimum atomic E-state index is -0.240.